The third-order valence-corrected chi connectivity index (χ3v) is 5.02. The van der Waals surface area contributed by atoms with Gasteiger partial charge in [0.2, 0.25) is 0 Å². The van der Waals surface area contributed by atoms with Gasteiger partial charge in [0.15, 0.2) is 0 Å². The van der Waals surface area contributed by atoms with Crippen LogP contribution in [0.5, 0.6) is 0 Å². The van der Waals surface area contributed by atoms with Gasteiger partial charge in [0, 0.05) is 54.1 Å². The third-order valence-electron chi connectivity index (χ3n) is 5.02. The standard InChI is InChI=1S/C26H29N3/c1-4-5-8-21-11-13-23(14-12-21)29-20(2)24-9-6-7-10-25(24)26(27-3)19-22-15-17-28-18-16-22/h6-7,9-18,29H,2,4-5,8,19H2,1,3H3. The zero-order valence-electron chi connectivity index (χ0n) is 17.4. The number of rotatable bonds is 9. The number of nitrogens with one attached hydrogen (secondary N) is 1. The van der Waals surface area contributed by atoms with Crippen LogP contribution in [-0.2, 0) is 12.8 Å². The first kappa shape index (κ1) is 20.5. The molecule has 3 aromatic rings. The molecule has 0 saturated heterocycles. The highest BCUT2D eigenvalue weighted by molar-refractivity contribution is 6.06. The molecule has 1 heterocycles. The molecule has 3 rings (SSSR count). The first-order valence-corrected chi connectivity index (χ1v) is 10.2. The Hall–Kier alpha value is -3.20. The van der Waals surface area contributed by atoms with Crippen molar-refractivity contribution >= 4 is 17.1 Å². The number of unbranched alkanes of at least 4 members (excludes halogenated alkanes) is 1. The molecule has 3 heteroatoms. The Labute approximate surface area is 174 Å². The van der Waals surface area contributed by atoms with Crippen LogP contribution in [0.2, 0.25) is 0 Å². The summed E-state index contributed by atoms with van der Waals surface area (Å²) >= 11 is 0. The number of aliphatic imine (C=N–C) groups is 1. The van der Waals surface area contributed by atoms with Gasteiger partial charge in [-0.15, -0.1) is 0 Å². The maximum Gasteiger partial charge on any atom is 0.0467 e. The molecule has 3 nitrogen and oxygen atoms in total. The van der Waals surface area contributed by atoms with E-state index in [4.69, 9.17) is 0 Å². The molecule has 0 amide bonds. The van der Waals surface area contributed by atoms with Gasteiger partial charge in [-0.2, -0.15) is 0 Å². The van der Waals surface area contributed by atoms with E-state index in [2.05, 4.69) is 65.2 Å². The van der Waals surface area contributed by atoms with Gasteiger partial charge in [0.05, 0.1) is 0 Å². The van der Waals surface area contributed by atoms with Gasteiger partial charge in [-0.1, -0.05) is 56.3 Å². The normalized spacial score (nSPS) is 11.3. The number of nitrogens with zero attached hydrogens (tertiary/aromatic N) is 2. The largest absolute Gasteiger partial charge is 0.356 e. The number of aryl methyl sites for hydroxylation is 1. The van der Waals surface area contributed by atoms with E-state index in [0.29, 0.717) is 0 Å². The topological polar surface area (TPSA) is 37.3 Å². The molecule has 0 spiro atoms. The van der Waals surface area contributed by atoms with E-state index in [1.165, 1.54) is 24.0 Å². The average Bonchev–Trinajstić information content (AvgIpc) is 2.77. The molecule has 29 heavy (non-hydrogen) atoms. The molecule has 0 bridgehead atoms. The number of hydrogen-bond acceptors (Lipinski definition) is 3. The Morgan fingerprint density at radius 2 is 1.62 bits per heavy atom. The molecule has 1 N–H and O–H groups in total. The number of aromatic nitrogens is 1. The van der Waals surface area contributed by atoms with Crippen LogP contribution in [0.1, 0.15) is 42.0 Å². The molecule has 0 fully saturated rings. The fraction of sp³-hybridized carbons (Fsp3) is 0.231. The summed E-state index contributed by atoms with van der Waals surface area (Å²) in [7, 11) is 1.85. The summed E-state index contributed by atoms with van der Waals surface area (Å²) in [5.41, 5.74) is 7.69. The van der Waals surface area contributed by atoms with E-state index in [-0.39, 0.29) is 0 Å². The maximum absolute atomic E-state index is 4.57. The SMILES string of the molecule is C=C(Nc1ccc(CCCC)cc1)c1ccccc1C(Cc1ccncc1)=NC. The fourth-order valence-electron chi connectivity index (χ4n) is 3.36. The Bertz CT molecular complexity index is 957. The average molecular weight is 384 g/mol. The second kappa shape index (κ2) is 10.4. The second-order valence-corrected chi connectivity index (χ2v) is 7.15. The van der Waals surface area contributed by atoms with Gasteiger partial charge < -0.3 is 5.32 Å². The molecule has 1 aromatic heterocycles. The zero-order valence-corrected chi connectivity index (χ0v) is 17.4. The molecular formula is C26H29N3. The summed E-state index contributed by atoms with van der Waals surface area (Å²) in [4.78, 5) is 8.67. The van der Waals surface area contributed by atoms with Crippen molar-refractivity contribution in [2.45, 2.75) is 32.6 Å². The van der Waals surface area contributed by atoms with E-state index in [9.17, 15) is 0 Å². The third kappa shape index (κ3) is 5.64. The Morgan fingerprint density at radius 1 is 0.931 bits per heavy atom. The lowest BCUT2D eigenvalue weighted by Crippen LogP contribution is -2.10. The van der Waals surface area contributed by atoms with Crippen molar-refractivity contribution < 1.29 is 0 Å². The summed E-state index contributed by atoms with van der Waals surface area (Å²) in [5.74, 6) is 0. The van der Waals surface area contributed by atoms with Gasteiger partial charge in [0.1, 0.15) is 0 Å². The second-order valence-electron chi connectivity index (χ2n) is 7.15. The first-order valence-electron chi connectivity index (χ1n) is 10.2. The van der Waals surface area contributed by atoms with Crippen molar-refractivity contribution in [2.75, 3.05) is 12.4 Å². The first-order chi connectivity index (χ1) is 14.2. The van der Waals surface area contributed by atoms with Gasteiger partial charge in [0.25, 0.3) is 0 Å². The predicted octanol–water partition coefficient (Wildman–Crippen LogP) is 6.17. The number of benzene rings is 2. The van der Waals surface area contributed by atoms with E-state index in [0.717, 1.165) is 41.1 Å². The molecule has 2 aromatic carbocycles. The lowest BCUT2D eigenvalue weighted by Gasteiger charge is -2.16. The summed E-state index contributed by atoms with van der Waals surface area (Å²) in [5, 5.41) is 3.47. The lowest BCUT2D eigenvalue weighted by molar-refractivity contribution is 0.795. The Kier molecular flexibility index (Phi) is 7.34. The number of hydrogen-bond donors (Lipinski definition) is 1. The van der Waals surface area contributed by atoms with Crippen LogP contribution in [0.4, 0.5) is 5.69 Å². The summed E-state index contributed by atoms with van der Waals surface area (Å²) in [6.07, 6.45) is 7.97. The van der Waals surface area contributed by atoms with Crippen LogP contribution in [0.15, 0.2) is 84.6 Å². The molecular weight excluding hydrogens is 354 g/mol. The van der Waals surface area contributed by atoms with Crippen LogP contribution < -0.4 is 5.32 Å². The highest BCUT2D eigenvalue weighted by Gasteiger charge is 2.12. The van der Waals surface area contributed by atoms with Crippen molar-refractivity contribution in [3.63, 3.8) is 0 Å². The summed E-state index contributed by atoms with van der Waals surface area (Å²) < 4.78 is 0. The minimum absolute atomic E-state index is 0.759. The van der Waals surface area contributed by atoms with Gasteiger partial charge in [-0.3, -0.25) is 9.98 Å². The molecule has 0 atom stereocenters. The van der Waals surface area contributed by atoms with Crippen molar-refractivity contribution in [3.05, 3.63) is 102 Å². The highest BCUT2D eigenvalue weighted by atomic mass is 14.9. The van der Waals surface area contributed by atoms with Crippen molar-refractivity contribution in [1.82, 2.24) is 4.98 Å². The molecule has 0 saturated carbocycles. The van der Waals surface area contributed by atoms with Crippen LogP contribution in [-0.4, -0.2) is 17.7 Å². The van der Waals surface area contributed by atoms with E-state index >= 15 is 0 Å². The molecule has 0 radical (unpaired) electrons. The Morgan fingerprint density at radius 3 is 2.28 bits per heavy atom. The van der Waals surface area contributed by atoms with Crippen LogP contribution >= 0.6 is 0 Å². The van der Waals surface area contributed by atoms with Gasteiger partial charge in [-0.05, 0) is 48.2 Å². The monoisotopic (exact) mass is 383 g/mol. The minimum atomic E-state index is 0.759. The quantitative estimate of drug-likeness (QED) is 0.449. The summed E-state index contributed by atoms with van der Waals surface area (Å²) in [6.45, 7) is 6.52. The van der Waals surface area contributed by atoms with Crippen molar-refractivity contribution in [1.29, 1.82) is 0 Å². The molecule has 0 aliphatic rings. The zero-order chi connectivity index (χ0) is 20.5. The maximum atomic E-state index is 4.57. The number of pyridine rings is 1. The van der Waals surface area contributed by atoms with Crippen LogP contribution in [0, 0.1) is 0 Å². The Balaban J connectivity index is 1.77. The highest BCUT2D eigenvalue weighted by Crippen LogP contribution is 2.23. The van der Waals surface area contributed by atoms with Crippen LogP contribution in [0.25, 0.3) is 5.70 Å². The van der Waals surface area contributed by atoms with Crippen molar-refractivity contribution in [3.8, 4) is 0 Å². The van der Waals surface area contributed by atoms with Crippen LogP contribution in [0.3, 0.4) is 0 Å². The molecule has 148 valence electrons. The minimum Gasteiger partial charge on any atom is -0.356 e. The number of anilines is 1. The molecule has 0 unspecified atom stereocenters. The van der Waals surface area contributed by atoms with Gasteiger partial charge >= 0.3 is 0 Å². The lowest BCUT2D eigenvalue weighted by atomic mass is 9.96. The summed E-state index contributed by atoms with van der Waals surface area (Å²) in [6, 6.07) is 21.0. The van der Waals surface area contributed by atoms with Gasteiger partial charge in [-0.25, -0.2) is 0 Å². The van der Waals surface area contributed by atoms with Crippen molar-refractivity contribution in [2.24, 2.45) is 4.99 Å². The van der Waals surface area contributed by atoms with E-state index < -0.39 is 0 Å². The van der Waals surface area contributed by atoms with E-state index in [1.54, 1.807) is 0 Å². The fourth-order valence-corrected chi connectivity index (χ4v) is 3.36. The molecule has 0 aliphatic heterocycles. The predicted molar refractivity (Wildman–Crippen MR) is 125 cm³/mol. The molecule has 0 aliphatic carbocycles. The van der Waals surface area contributed by atoms with E-state index in [1.807, 2.05) is 43.7 Å². The smallest absolute Gasteiger partial charge is 0.0467 e.